The standard InChI is InChI=1S/C32H25BrN2O5/c1-3-39-32(38)29-20(2)35(23-9-5-4-6-10-23)28-18-17-24(19-26(28)29)40-31(37)25-11-7-8-12-27(25)34-30(36)21-13-15-22(33)16-14-21/h4-19H,3H2,1-2H3,(H,34,36). The maximum absolute atomic E-state index is 13.3. The molecule has 40 heavy (non-hydrogen) atoms. The number of esters is 2. The molecular weight excluding hydrogens is 572 g/mol. The number of anilines is 1. The summed E-state index contributed by atoms with van der Waals surface area (Å²) in [4.78, 5) is 39.0. The van der Waals surface area contributed by atoms with E-state index in [0.717, 1.165) is 15.7 Å². The first-order chi connectivity index (χ1) is 19.4. The number of halogens is 1. The van der Waals surface area contributed by atoms with Gasteiger partial charge in [-0.3, -0.25) is 4.79 Å². The van der Waals surface area contributed by atoms with Crippen LogP contribution in [0.2, 0.25) is 0 Å². The molecule has 0 saturated carbocycles. The minimum Gasteiger partial charge on any atom is -0.462 e. The molecule has 1 N–H and O–H groups in total. The highest BCUT2D eigenvalue weighted by Crippen LogP contribution is 2.33. The van der Waals surface area contributed by atoms with Crippen LogP contribution in [0.4, 0.5) is 5.69 Å². The number of hydrogen-bond donors (Lipinski definition) is 1. The lowest BCUT2D eigenvalue weighted by atomic mass is 10.1. The molecular formula is C32H25BrN2O5. The number of benzene rings is 4. The van der Waals surface area contributed by atoms with Gasteiger partial charge in [0.2, 0.25) is 0 Å². The third kappa shape index (κ3) is 5.39. The van der Waals surface area contributed by atoms with Crippen molar-refractivity contribution in [3.8, 4) is 11.4 Å². The van der Waals surface area contributed by atoms with E-state index in [1.165, 1.54) is 0 Å². The summed E-state index contributed by atoms with van der Waals surface area (Å²) in [5.41, 5.74) is 3.73. The van der Waals surface area contributed by atoms with Crippen molar-refractivity contribution >= 4 is 50.4 Å². The van der Waals surface area contributed by atoms with Crippen LogP contribution in [-0.4, -0.2) is 29.0 Å². The summed E-state index contributed by atoms with van der Waals surface area (Å²) < 4.78 is 13.9. The van der Waals surface area contributed by atoms with Gasteiger partial charge in [-0.25, -0.2) is 9.59 Å². The second-order valence-electron chi connectivity index (χ2n) is 8.93. The van der Waals surface area contributed by atoms with E-state index < -0.39 is 11.9 Å². The molecule has 4 aromatic carbocycles. The van der Waals surface area contributed by atoms with E-state index in [4.69, 9.17) is 9.47 Å². The number of hydrogen-bond acceptors (Lipinski definition) is 5. The van der Waals surface area contributed by atoms with Crippen LogP contribution in [0.3, 0.4) is 0 Å². The third-order valence-electron chi connectivity index (χ3n) is 6.38. The molecule has 200 valence electrons. The highest BCUT2D eigenvalue weighted by atomic mass is 79.9. The highest BCUT2D eigenvalue weighted by molar-refractivity contribution is 9.10. The number of nitrogens with zero attached hydrogens (tertiary/aromatic N) is 1. The van der Waals surface area contributed by atoms with Crippen molar-refractivity contribution in [2.24, 2.45) is 0 Å². The fourth-order valence-corrected chi connectivity index (χ4v) is 4.82. The normalized spacial score (nSPS) is 10.8. The van der Waals surface area contributed by atoms with Gasteiger partial charge in [0.15, 0.2) is 0 Å². The Labute approximate surface area is 239 Å². The number of aromatic nitrogens is 1. The second kappa shape index (κ2) is 11.6. The molecule has 0 aliphatic carbocycles. The van der Waals surface area contributed by atoms with Gasteiger partial charge in [0.1, 0.15) is 5.75 Å². The Morgan fingerprint density at radius 3 is 2.27 bits per heavy atom. The molecule has 8 heteroatoms. The Bertz CT molecular complexity index is 1730. The molecule has 1 amide bonds. The Balaban J connectivity index is 1.48. The molecule has 0 fully saturated rings. The van der Waals surface area contributed by atoms with Crippen molar-refractivity contribution in [2.75, 3.05) is 11.9 Å². The Kier molecular flexibility index (Phi) is 7.79. The molecule has 0 aliphatic rings. The SMILES string of the molecule is CCOC(=O)c1c(C)n(-c2ccccc2)c2ccc(OC(=O)c3ccccc3NC(=O)c3ccc(Br)cc3)cc12. The summed E-state index contributed by atoms with van der Waals surface area (Å²) in [7, 11) is 0. The predicted octanol–water partition coefficient (Wildman–Crippen LogP) is 7.35. The number of ether oxygens (including phenoxy) is 2. The molecule has 7 nitrogen and oxygen atoms in total. The van der Waals surface area contributed by atoms with E-state index in [-0.39, 0.29) is 23.8 Å². The zero-order valence-corrected chi connectivity index (χ0v) is 23.4. The maximum Gasteiger partial charge on any atom is 0.345 e. The lowest BCUT2D eigenvalue weighted by Crippen LogP contribution is -2.17. The zero-order valence-electron chi connectivity index (χ0n) is 21.8. The highest BCUT2D eigenvalue weighted by Gasteiger charge is 2.23. The first kappa shape index (κ1) is 26.9. The summed E-state index contributed by atoms with van der Waals surface area (Å²) in [5.74, 6) is -1.21. The van der Waals surface area contributed by atoms with Gasteiger partial charge >= 0.3 is 11.9 Å². The summed E-state index contributed by atoms with van der Waals surface area (Å²) in [6, 6.07) is 28.4. The zero-order chi connectivity index (χ0) is 28.2. The van der Waals surface area contributed by atoms with Crippen LogP contribution in [0.1, 0.15) is 43.7 Å². The average Bonchev–Trinajstić information content (AvgIpc) is 3.25. The summed E-state index contributed by atoms with van der Waals surface area (Å²) in [6.07, 6.45) is 0. The number of carbonyl (C=O) groups is 3. The monoisotopic (exact) mass is 596 g/mol. The largest absolute Gasteiger partial charge is 0.462 e. The molecule has 0 spiro atoms. The number of fused-ring (bicyclic) bond motifs is 1. The molecule has 1 heterocycles. The molecule has 0 bridgehead atoms. The lowest BCUT2D eigenvalue weighted by molar-refractivity contribution is 0.0527. The molecule has 0 aliphatic heterocycles. The first-order valence-corrected chi connectivity index (χ1v) is 13.4. The van der Waals surface area contributed by atoms with Crippen LogP contribution in [0.5, 0.6) is 5.75 Å². The van der Waals surface area contributed by atoms with Gasteiger partial charge in [0.25, 0.3) is 5.91 Å². The van der Waals surface area contributed by atoms with E-state index in [2.05, 4.69) is 21.2 Å². The van der Waals surface area contributed by atoms with Crippen molar-refractivity contribution in [3.63, 3.8) is 0 Å². The van der Waals surface area contributed by atoms with Crippen molar-refractivity contribution < 1.29 is 23.9 Å². The molecule has 0 unspecified atom stereocenters. The number of carbonyl (C=O) groups excluding carboxylic acids is 3. The van der Waals surface area contributed by atoms with Crippen LogP contribution >= 0.6 is 15.9 Å². The van der Waals surface area contributed by atoms with E-state index >= 15 is 0 Å². The lowest BCUT2D eigenvalue weighted by Gasteiger charge is -2.11. The Morgan fingerprint density at radius 2 is 1.55 bits per heavy atom. The van der Waals surface area contributed by atoms with Crippen molar-refractivity contribution in [1.82, 2.24) is 4.57 Å². The van der Waals surface area contributed by atoms with Crippen LogP contribution in [0, 0.1) is 6.92 Å². The predicted molar refractivity (Wildman–Crippen MR) is 157 cm³/mol. The van der Waals surface area contributed by atoms with Crippen LogP contribution in [-0.2, 0) is 4.74 Å². The third-order valence-corrected chi connectivity index (χ3v) is 6.91. The smallest absolute Gasteiger partial charge is 0.345 e. The van der Waals surface area contributed by atoms with Crippen molar-refractivity contribution in [2.45, 2.75) is 13.8 Å². The molecule has 0 radical (unpaired) electrons. The van der Waals surface area contributed by atoms with Gasteiger partial charge in [-0.15, -0.1) is 0 Å². The van der Waals surface area contributed by atoms with Crippen LogP contribution in [0.25, 0.3) is 16.6 Å². The van der Waals surface area contributed by atoms with Crippen LogP contribution < -0.4 is 10.1 Å². The van der Waals surface area contributed by atoms with Gasteiger partial charge in [-0.05, 0) is 80.6 Å². The molecule has 1 aromatic heterocycles. The van der Waals surface area contributed by atoms with E-state index in [1.807, 2.05) is 47.9 Å². The molecule has 0 saturated heterocycles. The summed E-state index contributed by atoms with van der Waals surface area (Å²) >= 11 is 3.36. The maximum atomic E-state index is 13.3. The average molecular weight is 597 g/mol. The van der Waals surface area contributed by atoms with Gasteiger partial charge in [-0.1, -0.05) is 46.3 Å². The van der Waals surface area contributed by atoms with E-state index in [1.54, 1.807) is 67.6 Å². The molecule has 5 aromatic rings. The Morgan fingerprint density at radius 1 is 0.850 bits per heavy atom. The molecule has 0 atom stereocenters. The fraction of sp³-hybridized carbons (Fsp3) is 0.0938. The molecule has 5 rings (SSSR count). The Hall–Kier alpha value is -4.69. The second-order valence-corrected chi connectivity index (χ2v) is 9.84. The van der Waals surface area contributed by atoms with E-state index in [0.29, 0.717) is 27.9 Å². The number of para-hydroxylation sites is 2. The van der Waals surface area contributed by atoms with Gasteiger partial charge in [-0.2, -0.15) is 0 Å². The summed E-state index contributed by atoms with van der Waals surface area (Å²) in [5, 5.41) is 3.39. The quantitative estimate of drug-likeness (QED) is 0.157. The van der Waals surface area contributed by atoms with Gasteiger partial charge in [0, 0.05) is 26.8 Å². The number of rotatable bonds is 7. The topological polar surface area (TPSA) is 86.6 Å². The fourth-order valence-electron chi connectivity index (χ4n) is 4.56. The minimum absolute atomic E-state index is 0.191. The van der Waals surface area contributed by atoms with Crippen molar-refractivity contribution in [1.29, 1.82) is 0 Å². The number of nitrogens with one attached hydrogen (secondary N) is 1. The number of amides is 1. The minimum atomic E-state index is -0.650. The van der Waals surface area contributed by atoms with Gasteiger partial charge < -0.3 is 19.4 Å². The van der Waals surface area contributed by atoms with Crippen molar-refractivity contribution in [3.05, 3.63) is 124 Å². The summed E-state index contributed by atoms with van der Waals surface area (Å²) in [6.45, 7) is 3.84. The van der Waals surface area contributed by atoms with Crippen LogP contribution in [0.15, 0.2) is 102 Å². The van der Waals surface area contributed by atoms with E-state index in [9.17, 15) is 14.4 Å². The van der Waals surface area contributed by atoms with Gasteiger partial charge in [0.05, 0.1) is 28.9 Å². The first-order valence-electron chi connectivity index (χ1n) is 12.6.